The highest BCUT2D eigenvalue weighted by Crippen LogP contribution is 2.53. The molecule has 0 atom stereocenters. The zero-order valence-electron chi connectivity index (χ0n) is 41.7. The van der Waals surface area contributed by atoms with Gasteiger partial charge in [-0.25, -0.2) is 0 Å². The molecule has 2 nitrogen and oxygen atoms in total. The van der Waals surface area contributed by atoms with E-state index in [-0.39, 0.29) is 5.41 Å². The van der Waals surface area contributed by atoms with Crippen LogP contribution in [0.2, 0.25) is 0 Å². The highest BCUT2D eigenvalue weighted by Gasteiger charge is 2.36. The van der Waals surface area contributed by atoms with Gasteiger partial charge in [-0.05, 0) is 174 Å². The minimum atomic E-state index is -0.182. The van der Waals surface area contributed by atoms with E-state index in [0.717, 1.165) is 39.7 Å². The summed E-state index contributed by atoms with van der Waals surface area (Å²) in [5.74, 6) is 0.615. The number of rotatable bonds is 10. The van der Waals surface area contributed by atoms with Crippen molar-refractivity contribution in [1.29, 1.82) is 0 Å². The van der Waals surface area contributed by atoms with Gasteiger partial charge in [0.15, 0.2) is 0 Å². The fraction of sp³-hybridized carbons (Fsp3) is 0.127. The molecular weight excluding hydrogens is 881 g/mol. The Morgan fingerprint density at radius 2 is 0.877 bits per heavy atom. The van der Waals surface area contributed by atoms with Crippen LogP contribution in [0.3, 0.4) is 0 Å². The van der Waals surface area contributed by atoms with Crippen molar-refractivity contribution in [2.24, 2.45) is 0 Å². The summed E-state index contributed by atoms with van der Waals surface area (Å²) < 4.78 is 0. The second-order valence-electron chi connectivity index (χ2n) is 20.7. The first kappa shape index (κ1) is 44.5. The third-order valence-electron chi connectivity index (χ3n) is 16.0. The highest BCUT2D eigenvalue weighted by molar-refractivity contribution is 6.11. The molecule has 352 valence electrons. The van der Waals surface area contributed by atoms with E-state index < -0.39 is 0 Å². The van der Waals surface area contributed by atoms with E-state index in [0.29, 0.717) is 5.92 Å². The lowest BCUT2D eigenvalue weighted by atomic mass is 9.82. The Morgan fingerprint density at radius 3 is 1.62 bits per heavy atom. The fourth-order valence-electron chi connectivity index (χ4n) is 12.3. The monoisotopic (exact) mass is 938 g/mol. The first-order chi connectivity index (χ1) is 36.0. The predicted molar refractivity (Wildman–Crippen MR) is 311 cm³/mol. The molecule has 2 aliphatic carbocycles. The maximum atomic E-state index is 2.51. The van der Waals surface area contributed by atoms with Gasteiger partial charge in [0.1, 0.15) is 0 Å². The Hall–Kier alpha value is -8.46. The molecule has 0 bridgehead atoms. The number of nitrogens with zero attached hydrogens (tertiary/aromatic N) is 2. The third-order valence-corrected chi connectivity index (χ3v) is 16.0. The molecule has 2 heteroatoms. The largest absolute Gasteiger partial charge is 0.310 e. The molecular formula is C71H58N2. The van der Waals surface area contributed by atoms with Gasteiger partial charge in [0.2, 0.25) is 0 Å². The Kier molecular flexibility index (Phi) is 11.3. The molecule has 0 amide bonds. The highest BCUT2D eigenvalue weighted by atomic mass is 15.2. The summed E-state index contributed by atoms with van der Waals surface area (Å²) in [4.78, 5) is 4.99. The van der Waals surface area contributed by atoms with Crippen molar-refractivity contribution in [1.82, 2.24) is 0 Å². The summed E-state index contributed by atoms with van der Waals surface area (Å²) in [6, 6.07) is 93.0. The van der Waals surface area contributed by atoms with Crippen LogP contribution in [0.15, 0.2) is 249 Å². The minimum Gasteiger partial charge on any atom is -0.310 e. The van der Waals surface area contributed by atoms with Crippen LogP contribution in [-0.2, 0) is 5.41 Å². The molecule has 2 aliphatic rings. The van der Waals surface area contributed by atoms with Crippen LogP contribution >= 0.6 is 0 Å². The number of hydrogen-bond acceptors (Lipinski definition) is 2. The smallest absolute Gasteiger partial charge is 0.0488 e. The minimum absolute atomic E-state index is 0.182. The molecule has 73 heavy (non-hydrogen) atoms. The average Bonchev–Trinajstić information content (AvgIpc) is 3.68. The van der Waals surface area contributed by atoms with Crippen molar-refractivity contribution in [2.75, 3.05) is 9.80 Å². The lowest BCUT2D eigenvalue weighted by Gasteiger charge is -2.32. The summed E-state index contributed by atoms with van der Waals surface area (Å²) in [5.41, 5.74) is 20.3. The maximum absolute atomic E-state index is 2.51. The van der Waals surface area contributed by atoms with E-state index in [4.69, 9.17) is 0 Å². The van der Waals surface area contributed by atoms with Gasteiger partial charge < -0.3 is 9.80 Å². The van der Waals surface area contributed by atoms with E-state index in [1.54, 1.807) is 0 Å². The summed E-state index contributed by atoms with van der Waals surface area (Å²) in [6.45, 7) is 4.77. The van der Waals surface area contributed by atoms with Crippen LogP contribution < -0.4 is 9.80 Å². The van der Waals surface area contributed by atoms with Crippen molar-refractivity contribution in [3.8, 4) is 44.5 Å². The van der Waals surface area contributed by atoms with Crippen molar-refractivity contribution in [3.05, 3.63) is 265 Å². The molecule has 11 aromatic rings. The molecule has 0 aromatic heterocycles. The molecule has 0 aliphatic heterocycles. The molecule has 0 radical (unpaired) electrons. The van der Waals surface area contributed by atoms with E-state index in [1.165, 1.54) is 109 Å². The van der Waals surface area contributed by atoms with Gasteiger partial charge in [-0.3, -0.25) is 0 Å². The number of benzene rings is 11. The van der Waals surface area contributed by atoms with E-state index in [2.05, 4.69) is 272 Å². The summed E-state index contributed by atoms with van der Waals surface area (Å²) in [5, 5.41) is 4.85. The van der Waals surface area contributed by atoms with Crippen LogP contribution in [0.4, 0.5) is 34.1 Å². The van der Waals surface area contributed by atoms with Crippen molar-refractivity contribution >= 4 is 55.7 Å². The molecule has 0 heterocycles. The Bertz CT molecular complexity index is 3790. The van der Waals surface area contributed by atoms with Crippen molar-refractivity contribution in [3.63, 3.8) is 0 Å². The first-order valence-corrected chi connectivity index (χ1v) is 26.3. The molecule has 1 saturated carbocycles. The van der Waals surface area contributed by atoms with Gasteiger partial charge in [-0.2, -0.15) is 0 Å². The number of hydrogen-bond donors (Lipinski definition) is 0. The summed E-state index contributed by atoms with van der Waals surface area (Å²) in [7, 11) is 0. The molecule has 0 unspecified atom stereocenters. The van der Waals surface area contributed by atoms with Crippen LogP contribution in [-0.4, -0.2) is 0 Å². The van der Waals surface area contributed by atoms with Crippen LogP contribution in [0.25, 0.3) is 66.1 Å². The Labute approximate surface area is 430 Å². The molecule has 0 spiro atoms. The first-order valence-electron chi connectivity index (χ1n) is 26.3. The van der Waals surface area contributed by atoms with E-state index >= 15 is 0 Å². The molecule has 13 rings (SSSR count). The number of para-hydroxylation sites is 1. The van der Waals surface area contributed by atoms with Gasteiger partial charge in [-0.1, -0.05) is 209 Å². The molecule has 11 aromatic carbocycles. The molecule has 1 fully saturated rings. The van der Waals surface area contributed by atoms with Crippen LogP contribution in [0, 0.1) is 0 Å². The topological polar surface area (TPSA) is 6.48 Å². The zero-order valence-corrected chi connectivity index (χ0v) is 41.7. The number of anilines is 6. The van der Waals surface area contributed by atoms with E-state index in [1.807, 2.05) is 0 Å². The fourth-order valence-corrected chi connectivity index (χ4v) is 12.3. The van der Waals surface area contributed by atoms with E-state index in [9.17, 15) is 0 Å². The van der Waals surface area contributed by atoms with Crippen molar-refractivity contribution in [2.45, 2.75) is 57.3 Å². The lowest BCUT2D eigenvalue weighted by molar-refractivity contribution is 0.443. The van der Waals surface area contributed by atoms with Gasteiger partial charge in [0.05, 0.1) is 0 Å². The number of fused-ring (bicyclic) bond motifs is 5. The van der Waals surface area contributed by atoms with Gasteiger partial charge in [0, 0.05) is 39.5 Å². The average molecular weight is 939 g/mol. The van der Waals surface area contributed by atoms with Gasteiger partial charge in [0.25, 0.3) is 0 Å². The summed E-state index contributed by atoms with van der Waals surface area (Å²) in [6.07, 6.45) is 6.50. The van der Waals surface area contributed by atoms with Gasteiger partial charge >= 0.3 is 0 Å². The Balaban J connectivity index is 1.13. The SMILES string of the molecule is CC1(C)c2ccccc2-c2ccc(N(c3cc(-c4c(-c5ccccc5)cc5ccccc5c4-c4ccccc4)cc(N(c4ccccc4)c4ccc(C5CCCCC5)cc4)c3)c3ccc4ccccc4c3)cc21. The maximum Gasteiger partial charge on any atom is 0.0488 e. The molecule has 0 saturated heterocycles. The second-order valence-corrected chi connectivity index (χ2v) is 20.7. The third kappa shape index (κ3) is 8.08. The van der Waals surface area contributed by atoms with Crippen LogP contribution in [0.1, 0.15) is 68.6 Å². The lowest BCUT2D eigenvalue weighted by Crippen LogP contribution is -2.17. The van der Waals surface area contributed by atoms with Crippen LogP contribution in [0.5, 0.6) is 0 Å². The standard InChI is InChI=1S/C71H58N2/c1-71(2)67-34-20-19-33-64(67)65-42-41-60(48-68(65)71)73(59-40-37-50-23-15-16-28-54(50)43-59)62-45-56(44-61(47-62)72(57-30-13-6-14-31-57)58-38-35-51(36-39-58)49-21-7-3-8-22-49)70-66(52-24-9-4-10-25-52)46-55-29-17-18-32-63(55)69(70)53-26-11-5-12-27-53/h4-6,9-20,23-49H,3,7-8,21-22H2,1-2H3. The zero-order chi connectivity index (χ0) is 48.9. The molecule has 0 N–H and O–H groups in total. The summed E-state index contributed by atoms with van der Waals surface area (Å²) >= 11 is 0. The Morgan fingerprint density at radius 1 is 0.329 bits per heavy atom. The quantitative estimate of drug-likeness (QED) is 0.135. The normalized spacial score (nSPS) is 13.9. The van der Waals surface area contributed by atoms with Crippen molar-refractivity contribution < 1.29 is 0 Å². The van der Waals surface area contributed by atoms with Gasteiger partial charge in [-0.15, -0.1) is 0 Å². The predicted octanol–water partition coefficient (Wildman–Crippen LogP) is 20.3. The second kappa shape index (κ2) is 18.6.